The maximum atomic E-state index is 13.0. The molecule has 13 heteroatoms. The molecule has 1 saturated heterocycles. The Morgan fingerprint density at radius 2 is 1.79 bits per heavy atom. The summed E-state index contributed by atoms with van der Waals surface area (Å²) >= 11 is 6.73. The summed E-state index contributed by atoms with van der Waals surface area (Å²) in [5, 5.41) is 11.4. The lowest BCUT2D eigenvalue weighted by Crippen LogP contribution is -2.27. The molecule has 0 radical (unpaired) electrons. The summed E-state index contributed by atoms with van der Waals surface area (Å²) in [7, 11) is 1.30. The van der Waals surface area contributed by atoms with Crippen LogP contribution in [0.15, 0.2) is 65.6 Å². The number of rotatable bonds is 7. The molecule has 0 atom stereocenters. The summed E-state index contributed by atoms with van der Waals surface area (Å²) in [6, 6.07) is 13.0. The molecular formula is C25H16ClF3N2O6S. The Labute approximate surface area is 222 Å². The minimum Gasteiger partial charge on any atom is -0.493 e. The molecule has 1 aliphatic heterocycles. The molecule has 3 aromatic rings. The quantitative estimate of drug-likeness (QED) is 0.169. The first-order chi connectivity index (χ1) is 18.0. The van der Waals surface area contributed by atoms with Crippen molar-refractivity contribution in [3.8, 4) is 17.2 Å². The number of thioether (sulfide) groups is 1. The maximum absolute atomic E-state index is 13.0. The second-order valence-corrected chi connectivity index (χ2v) is 9.28. The Morgan fingerprint density at radius 3 is 2.45 bits per heavy atom. The van der Waals surface area contributed by atoms with Gasteiger partial charge < -0.3 is 9.47 Å². The Balaban J connectivity index is 1.57. The van der Waals surface area contributed by atoms with Gasteiger partial charge in [-0.2, -0.15) is 13.2 Å². The van der Waals surface area contributed by atoms with Crippen molar-refractivity contribution < 1.29 is 37.2 Å². The van der Waals surface area contributed by atoms with Crippen molar-refractivity contribution >= 4 is 46.3 Å². The lowest BCUT2D eigenvalue weighted by atomic mass is 10.1. The summed E-state index contributed by atoms with van der Waals surface area (Å²) in [5.74, 6) is -0.844. The van der Waals surface area contributed by atoms with Crippen LogP contribution in [0, 0.1) is 10.1 Å². The molecule has 1 heterocycles. The van der Waals surface area contributed by atoms with Gasteiger partial charge in [0.15, 0.2) is 11.5 Å². The summed E-state index contributed by atoms with van der Waals surface area (Å²) in [6.45, 7) is 0.0462. The number of nitro groups is 1. The lowest BCUT2D eigenvalue weighted by molar-refractivity contribution is -0.385. The minimum atomic E-state index is -4.77. The first-order valence-corrected chi connectivity index (χ1v) is 11.9. The van der Waals surface area contributed by atoms with Crippen molar-refractivity contribution in [2.24, 2.45) is 0 Å². The van der Waals surface area contributed by atoms with Gasteiger partial charge in [0.1, 0.15) is 0 Å². The van der Waals surface area contributed by atoms with Gasteiger partial charge in [0, 0.05) is 11.1 Å². The summed E-state index contributed by atoms with van der Waals surface area (Å²) < 4.78 is 49.7. The zero-order chi connectivity index (χ0) is 27.6. The van der Waals surface area contributed by atoms with E-state index >= 15 is 0 Å². The van der Waals surface area contributed by atoms with Crippen LogP contribution < -0.4 is 9.47 Å². The van der Waals surface area contributed by atoms with Gasteiger partial charge in [-0.25, -0.2) is 0 Å². The third kappa shape index (κ3) is 5.92. The largest absolute Gasteiger partial charge is 0.493 e. The van der Waals surface area contributed by atoms with E-state index in [2.05, 4.69) is 0 Å². The highest BCUT2D eigenvalue weighted by Crippen LogP contribution is 2.41. The standard InChI is InChI=1S/C25H16ClF3N2O6S/c1-36-21-10-14(11-22-23(32)30(24(33)38-22)13-15-3-2-4-17(26)9-15)5-7-20(21)37-19-8-6-16(25(27,28)29)12-18(19)31(34)35/h2-12H,13H2,1H3/b22-11-. The second kappa shape index (κ2) is 10.8. The number of carbonyl (C=O) groups excluding carboxylic acids is 2. The number of benzene rings is 3. The van der Waals surface area contributed by atoms with E-state index in [-0.39, 0.29) is 22.9 Å². The van der Waals surface area contributed by atoms with Crippen LogP contribution in [0.25, 0.3) is 6.08 Å². The molecular weight excluding hydrogens is 549 g/mol. The molecule has 0 unspecified atom stereocenters. The normalized spacial score (nSPS) is 14.8. The van der Waals surface area contributed by atoms with Gasteiger partial charge in [-0.15, -0.1) is 0 Å². The fraction of sp³-hybridized carbons (Fsp3) is 0.120. The van der Waals surface area contributed by atoms with E-state index in [0.29, 0.717) is 28.3 Å². The van der Waals surface area contributed by atoms with Crippen molar-refractivity contribution in [1.29, 1.82) is 0 Å². The Hall–Kier alpha value is -4.03. The monoisotopic (exact) mass is 564 g/mol. The van der Waals surface area contributed by atoms with Crippen LogP contribution in [0.3, 0.4) is 0 Å². The van der Waals surface area contributed by atoms with Gasteiger partial charge >= 0.3 is 11.9 Å². The molecule has 4 rings (SSSR count). The summed E-state index contributed by atoms with van der Waals surface area (Å²) in [6.07, 6.45) is -3.30. The number of amides is 2. The van der Waals surface area contributed by atoms with Gasteiger partial charge in [-0.05, 0) is 65.4 Å². The van der Waals surface area contributed by atoms with Crippen LogP contribution in [-0.4, -0.2) is 28.1 Å². The van der Waals surface area contributed by atoms with E-state index in [0.717, 1.165) is 22.7 Å². The van der Waals surface area contributed by atoms with Crippen LogP contribution in [0.1, 0.15) is 16.7 Å². The highest BCUT2D eigenvalue weighted by Gasteiger charge is 2.35. The highest BCUT2D eigenvalue weighted by molar-refractivity contribution is 8.18. The summed E-state index contributed by atoms with van der Waals surface area (Å²) in [5.41, 5.74) is -0.937. The topological polar surface area (TPSA) is 99.0 Å². The number of carbonyl (C=O) groups is 2. The van der Waals surface area contributed by atoms with Crippen molar-refractivity contribution in [3.05, 3.63) is 97.4 Å². The molecule has 0 N–H and O–H groups in total. The molecule has 8 nitrogen and oxygen atoms in total. The molecule has 2 amide bonds. The van der Waals surface area contributed by atoms with E-state index in [1.54, 1.807) is 24.3 Å². The number of nitro benzene ring substituents is 1. The van der Waals surface area contributed by atoms with Crippen LogP contribution >= 0.6 is 23.4 Å². The van der Waals surface area contributed by atoms with Gasteiger partial charge in [0.2, 0.25) is 5.75 Å². The maximum Gasteiger partial charge on any atom is 0.416 e. The molecule has 0 aromatic heterocycles. The third-order valence-corrected chi connectivity index (χ3v) is 6.43. The fourth-order valence-electron chi connectivity index (χ4n) is 3.50. The molecule has 196 valence electrons. The number of alkyl halides is 3. The molecule has 1 aliphatic rings. The predicted molar refractivity (Wildman–Crippen MR) is 134 cm³/mol. The van der Waals surface area contributed by atoms with E-state index in [4.69, 9.17) is 21.1 Å². The minimum absolute atomic E-state index is 0.0124. The smallest absolute Gasteiger partial charge is 0.416 e. The zero-order valence-corrected chi connectivity index (χ0v) is 20.9. The van der Waals surface area contributed by atoms with Crippen LogP contribution in [0.5, 0.6) is 17.2 Å². The lowest BCUT2D eigenvalue weighted by Gasteiger charge is -2.13. The second-order valence-electron chi connectivity index (χ2n) is 7.85. The van der Waals surface area contributed by atoms with Gasteiger partial charge in [-0.1, -0.05) is 29.8 Å². The highest BCUT2D eigenvalue weighted by atomic mass is 35.5. The first kappa shape index (κ1) is 27.0. The van der Waals surface area contributed by atoms with Gasteiger partial charge in [0.25, 0.3) is 11.1 Å². The van der Waals surface area contributed by atoms with Crippen LogP contribution in [0.4, 0.5) is 23.7 Å². The number of halogens is 4. The number of hydrogen-bond donors (Lipinski definition) is 0. The predicted octanol–water partition coefficient (Wildman–Crippen LogP) is 7.30. The van der Waals surface area contributed by atoms with E-state index in [9.17, 15) is 32.9 Å². The van der Waals surface area contributed by atoms with Crippen molar-refractivity contribution in [3.63, 3.8) is 0 Å². The summed E-state index contributed by atoms with van der Waals surface area (Å²) in [4.78, 5) is 36.9. The third-order valence-electron chi connectivity index (χ3n) is 5.29. The van der Waals surface area contributed by atoms with Crippen molar-refractivity contribution in [1.82, 2.24) is 4.90 Å². The van der Waals surface area contributed by atoms with E-state index in [1.807, 2.05) is 0 Å². The number of ether oxygens (including phenoxy) is 2. The Kier molecular flexibility index (Phi) is 7.65. The van der Waals surface area contributed by atoms with E-state index in [1.165, 1.54) is 31.4 Å². The Morgan fingerprint density at radius 1 is 1.05 bits per heavy atom. The van der Waals surface area contributed by atoms with Crippen LogP contribution in [0.2, 0.25) is 5.02 Å². The van der Waals surface area contributed by atoms with E-state index < -0.39 is 39.2 Å². The molecule has 0 saturated carbocycles. The first-order valence-electron chi connectivity index (χ1n) is 10.7. The molecule has 0 bridgehead atoms. The number of nitrogens with zero attached hydrogens (tertiary/aromatic N) is 2. The molecule has 38 heavy (non-hydrogen) atoms. The average Bonchev–Trinajstić information content (AvgIpc) is 3.11. The molecule has 3 aromatic carbocycles. The number of hydrogen-bond acceptors (Lipinski definition) is 7. The van der Waals surface area contributed by atoms with Gasteiger partial charge in [-0.3, -0.25) is 24.6 Å². The van der Waals surface area contributed by atoms with Crippen molar-refractivity contribution in [2.45, 2.75) is 12.7 Å². The van der Waals surface area contributed by atoms with Crippen molar-refractivity contribution in [2.75, 3.05) is 7.11 Å². The SMILES string of the molecule is COc1cc(/C=C2\SC(=O)N(Cc3cccc(Cl)c3)C2=O)ccc1Oc1ccc(C(F)(F)F)cc1[N+](=O)[O-]. The fourth-order valence-corrected chi connectivity index (χ4v) is 4.56. The molecule has 1 fully saturated rings. The molecule has 0 aliphatic carbocycles. The van der Waals surface area contributed by atoms with Gasteiger partial charge in [0.05, 0.1) is 29.0 Å². The zero-order valence-electron chi connectivity index (χ0n) is 19.3. The Bertz CT molecular complexity index is 1480. The average molecular weight is 565 g/mol. The number of imide groups is 1. The number of methoxy groups -OCH3 is 1. The molecule has 0 spiro atoms. The van der Waals surface area contributed by atoms with Crippen LogP contribution in [-0.2, 0) is 17.5 Å².